The third kappa shape index (κ3) is 2.75. The number of anilines is 1. The van der Waals surface area contributed by atoms with Crippen LogP contribution in [0.3, 0.4) is 0 Å². The van der Waals surface area contributed by atoms with Crippen molar-refractivity contribution < 1.29 is 4.79 Å². The lowest BCUT2D eigenvalue weighted by Crippen LogP contribution is -2.42. The number of aromatic nitrogens is 4. The summed E-state index contributed by atoms with van der Waals surface area (Å²) in [7, 11) is 0. The molecule has 0 saturated carbocycles. The Labute approximate surface area is 139 Å². The van der Waals surface area contributed by atoms with E-state index >= 15 is 0 Å². The van der Waals surface area contributed by atoms with Crippen molar-refractivity contribution in [3.05, 3.63) is 18.1 Å². The SMILES string of the molecule is Cc1cc(N2CCC(C(=O)N3CCSCC3)C2)n2ncnc2n1. The van der Waals surface area contributed by atoms with Gasteiger partial charge in [-0.3, -0.25) is 4.79 Å². The molecule has 0 spiro atoms. The largest absolute Gasteiger partial charge is 0.356 e. The first-order chi connectivity index (χ1) is 11.2. The summed E-state index contributed by atoms with van der Waals surface area (Å²) in [5.74, 6) is 4.12. The molecule has 0 aromatic carbocycles. The Hall–Kier alpha value is -1.83. The molecule has 23 heavy (non-hydrogen) atoms. The second kappa shape index (κ2) is 5.99. The van der Waals surface area contributed by atoms with Crippen molar-refractivity contribution in [2.75, 3.05) is 42.6 Å². The first-order valence-corrected chi connectivity index (χ1v) is 9.17. The predicted molar refractivity (Wildman–Crippen MR) is 89.7 cm³/mol. The van der Waals surface area contributed by atoms with E-state index in [0.717, 1.165) is 55.6 Å². The number of thioether (sulfide) groups is 1. The molecule has 0 radical (unpaired) electrons. The average Bonchev–Trinajstić information content (AvgIpc) is 3.23. The number of carbonyl (C=O) groups excluding carboxylic acids is 1. The molecule has 7 nitrogen and oxygen atoms in total. The molecule has 8 heteroatoms. The van der Waals surface area contributed by atoms with Gasteiger partial charge in [0.05, 0.1) is 5.92 Å². The highest BCUT2D eigenvalue weighted by Crippen LogP contribution is 2.26. The van der Waals surface area contributed by atoms with E-state index in [1.165, 1.54) is 6.33 Å². The molecular weight excluding hydrogens is 312 g/mol. The van der Waals surface area contributed by atoms with E-state index in [4.69, 9.17) is 0 Å². The standard InChI is InChI=1S/C15H20N6OS/c1-11-8-13(21-15(18-11)16-10-17-21)20-3-2-12(9-20)14(22)19-4-6-23-7-5-19/h8,10,12H,2-7,9H2,1H3. The minimum Gasteiger partial charge on any atom is -0.356 e. The number of aryl methyl sites for hydroxylation is 1. The van der Waals surface area contributed by atoms with Crippen molar-refractivity contribution in [2.45, 2.75) is 13.3 Å². The van der Waals surface area contributed by atoms with E-state index in [2.05, 4.69) is 20.0 Å². The van der Waals surface area contributed by atoms with E-state index in [-0.39, 0.29) is 5.92 Å². The molecule has 0 bridgehead atoms. The van der Waals surface area contributed by atoms with Crippen LogP contribution < -0.4 is 4.90 Å². The zero-order valence-electron chi connectivity index (χ0n) is 13.2. The monoisotopic (exact) mass is 332 g/mol. The Bertz CT molecular complexity index is 726. The Morgan fingerprint density at radius 3 is 2.96 bits per heavy atom. The lowest BCUT2D eigenvalue weighted by Gasteiger charge is -2.29. The molecule has 1 amide bonds. The maximum Gasteiger partial charge on any atom is 0.254 e. The zero-order chi connectivity index (χ0) is 15.8. The first kappa shape index (κ1) is 14.7. The van der Waals surface area contributed by atoms with Crippen LogP contribution in [0.1, 0.15) is 12.1 Å². The number of rotatable bonds is 2. The molecule has 0 aliphatic carbocycles. The third-order valence-electron chi connectivity index (χ3n) is 4.55. The van der Waals surface area contributed by atoms with Crippen LogP contribution in [0.15, 0.2) is 12.4 Å². The number of hydrogen-bond donors (Lipinski definition) is 0. The van der Waals surface area contributed by atoms with E-state index in [9.17, 15) is 4.79 Å². The normalized spacial score (nSPS) is 22.0. The summed E-state index contributed by atoms with van der Waals surface area (Å²) in [6, 6.07) is 2.02. The summed E-state index contributed by atoms with van der Waals surface area (Å²) in [4.78, 5) is 25.5. The van der Waals surface area contributed by atoms with Gasteiger partial charge in [-0.25, -0.2) is 4.98 Å². The van der Waals surface area contributed by atoms with Crippen LogP contribution in [0, 0.1) is 12.8 Å². The predicted octanol–water partition coefficient (Wildman–Crippen LogP) is 0.834. The Morgan fingerprint density at radius 1 is 1.30 bits per heavy atom. The summed E-state index contributed by atoms with van der Waals surface area (Å²) < 4.78 is 1.76. The van der Waals surface area contributed by atoms with Crippen molar-refractivity contribution in [2.24, 2.45) is 5.92 Å². The van der Waals surface area contributed by atoms with Crippen LogP contribution in [0.4, 0.5) is 5.82 Å². The smallest absolute Gasteiger partial charge is 0.254 e. The van der Waals surface area contributed by atoms with Gasteiger partial charge in [-0.2, -0.15) is 26.4 Å². The number of fused-ring (bicyclic) bond motifs is 1. The Morgan fingerprint density at radius 2 is 2.13 bits per heavy atom. The lowest BCUT2D eigenvalue weighted by molar-refractivity contribution is -0.134. The second-order valence-electron chi connectivity index (χ2n) is 6.10. The van der Waals surface area contributed by atoms with Gasteiger partial charge in [-0.05, 0) is 13.3 Å². The molecule has 2 fully saturated rings. The van der Waals surface area contributed by atoms with Crippen molar-refractivity contribution >= 4 is 29.3 Å². The van der Waals surface area contributed by atoms with Crippen LogP contribution in [0.2, 0.25) is 0 Å². The summed E-state index contributed by atoms with van der Waals surface area (Å²) in [6.07, 6.45) is 2.43. The maximum absolute atomic E-state index is 12.7. The van der Waals surface area contributed by atoms with Crippen LogP contribution in [0.5, 0.6) is 0 Å². The Kier molecular flexibility index (Phi) is 3.84. The van der Waals surface area contributed by atoms with E-state index in [1.807, 2.05) is 29.7 Å². The van der Waals surface area contributed by atoms with Crippen molar-refractivity contribution in [1.29, 1.82) is 0 Å². The molecule has 2 aromatic rings. The van der Waals surface area contributed by atoms with Crippen molar-refractivity contribution in [3.63, 3.8) is 0 Å². The van der Waals surface area contributed by atoms with Crippen molar-refractivity contribution in [3.8, 4) is 0 Å². The molecule has 2 aliphatic heterocycles. The van der Waals surface area contributed by atoms with Gasteiger partial charge in [-0.15, -0.1) is 0 Å². The second-order valence-corrected chi connectivity index (χ2v) is 7.32. The molecule has 4 heterocycles. The number of nitrogens with zero attached hydrogens (tertiary/aromatic N) is 6. The quantitative estimate of drug-likeness (QED) is 0.812. The highest BCUT2D eigenvalue weighted by atomic mass is 32.2. The number of amides is 1. The molecule has 0 N–H and O–H groups in total. The van der Waals surface area contributed by atoms with Crippen LogP contribution in [-0.2, 0) is 4.79 Å². The van der Waals surface area contributed by atoms with Gasteiger partial charge >= 0.3 is 0 Å². The van der Waals surface area contributed by atoms with Crippen LogP contribution in [-0.4, -0.2) is 68.1 Å². The average molecular weight is 332 g/mol. The number of carbonyl (C=O) groups is 1. The molecule has 1 atom stereocenters. The summed E-state index contributed by atoms with van der Waals surface area (Å²) in [5.41, 5.74) is 0.920. The first-order valence-electron chi connectivity index (χ1n) is 8.01. The fourth-order valence-electron chi connectivity index (χ4n) is 3.35. The zero-order valence-corrected chi connectivity index (χ0v) is 14.0. The Balaban J connectivity index is 1.53. The van der Waals surface area contributed by atoms with E-state index < -0.39 is 0 Å². The summed E-state index contributed by atoms with van der Waals surface area (Å²) in [6.45, 7) is 5.37. The van der Waals surface area contributed by atoms with Gasteiger partial charge < -0.3 is 9.80 Å². The van der Waals surface area contributed by atoms with E-state index in [1.54, 1.807) is 4.52 Å². The van der Waals surface area contributed by atoms with Crippen LogP contribution in [0.25, 0.3) is 5.78 Å². The van der Waals surface area contributed by atoms with E-state index in [0.29, 0.717) is 11.7 Å². The van der Waals surface area contributed by atoms with Crippen LogP contribution >= 0.6 is 11.8 Å². The molecule has 2 aliphatic rings. The lowest BCUT2D eigenvalue weighted by atomic mass is 10.1. The van der Waals surface area contributed by atoms with Gasteiger partial charge in [-0.1, -0.05) is 0 Å². The minimum absolute atomic E-state index is 0.0881. The summed E-state index contributed by atoms with van der Waals surface area (Å²) >= 11 is 1.93. The molecular formula is C15H20N6OS. The van der Waals surface area contributed by atoms with Gasteiger partial charge in [0.1, 0.15) is 12.1 Å². The number of hydrogen-bond acceptors (Lipinski definition) is 6. The fourth-order valence-corrected chi connectivity index (χ4v) is 4.25. The molecule has 2 aromatic heterocycles. The van der Waals surface area contributed by atoms with Gasteiger partial charge in [0.2, 0.25) is 5.91 Å². The summed E-state index contributed by atoms with van der Waals surface area (Å²) in [5, 5.41) is 4.27. The van der Waals surface area contributed by atoms with Gasteiger partial charge in [0.25, 0.3) is 5.78 Å². The topological polar surface area (TPSA) is 66.6 Å². The highest BCUT2D eigenvalue weighted by Gasteiger charge is 2.33. The minimum atomic E-state index is 0.0881. The maximum atomic E-state index is 12.7. The molecule has 1 unspecified atom stereocenters. The third-order valence-corrected chi connectivity index (χ3v) is 5.49. The highest BCUT2D eigenvalue weighted by molar-refractivity contribution is 7.99. The molecule has 4 rings (SSSR count). The van der Waals surface area contributed by atoms with Gasteiger partial charge in [0, 0.05) is 49.4 Å². The fraction of sp³-hybridized carbons (Fsp3) is 0.600. The molecule has 2 saturated heterocycles. The molecule has 122 valence electrons. The van der Waals surface area contributed by atoms with Crippen molar-refractivity contribution in [1.82, 2.24) is 24.5 Å². The van der Waals surface area contributed by atoms with Gasteiger partial charge in [0.15, 0.2) is 0 Å².